The third-order valence-electron chi connectivity index (χ3n) is 3.79. The molecule has 0 radical (unpaired) electrons. The van der Waals surface area contributed by atoms with Gasteiger partial charge in [-0.1, -0.05) is 0 Å². The standard InChI is InChI=1S/C16H13N5O3/c17-9-10-8-13-14(18-16(10)22)2-1-3-15(13)20-19-11-4-6-12(7-5-11)21(23)24/h4-8,19H,1-3H2,(H,18,22)/b20-15-. The van der Waals surface area contributed by atoms with Crippen molar-refractivity contribution in [2.24, 2.45) is 5.10 Å². The summed E-state index contributed by atoms with van der Waals surface area (Å²) >= 11 is 0. The number of nitro benzene ring substituents is 1. The van der Waals surface area contributed by atoms with Crippen molar-refractivity contribution in [1.82, 2.24) is 4.98 Å². The van der Waals surface area contributed by atoms with Crippen LogP contribution >= 0.6 is 0 Å². The number of nitriles is 1. The van der Waals surface area contributed by atoms with E-state index in [1.165, 1.54) is 12.1 Å². The number of hydrazone groups is 1. The molecule has 0 atom stereocenters. The Morgan fingerprint density at radius 1 is 1.29 bits per heavy atom. The average Bonchev–Trinajstić information content (AvgIpc) is 2.59. The quantitative estimate of drug-likeness (QED) is 0.662. The van der Waals surface area contributed by atoms with E-state index in [4.69, 9.17) is 5.26 Å². The van der Waals surface area contributed by atoms with Crippen LogP contribution < -0.4 is 11.0 Å². The fraction of sp³-hybridized carbons (Fsp3) is 0.188. The first-order valence-electron chi connectivity index (χ1n) is 7.32. The minimum absolute atomic E-state index is 0.00690. The molecule has 0 saturated carbocycles. The van der Waals surface area contributed by atoms with Gasteiger partial charge in [-0.3, -0.25) is 20.3 Å². The fourth-order valence-corrected chi connectivity index (χ4v) is 2.58. The summed E-state index contributed by atoms with van der Waals surface area (Å²) < 4.78 is 0. The number of nitro groups is 1. The van der Waals surface area contributed by atoms with Crippen molar-refractivity contribution in [3.8, 4) is 6.07 Å². The van der Waals surface area contributed by atoms with Gasteiger partial charge in [-0.05, 0) is 37.5 Å². The number of fused-ring (bicyclic) bond motifs is 1. The van der Waals surface area contributed by atoms with Crippen LogP contribution in [0.25, 0.3) is 0 Å². The van der Waals surface area contributed by atoms with Gasteiger partial charge in [0.05, 0.1) is 16.3 Å². The Bertz CT molecular complexity index is 922. The Labute approximate surface area is 136 Å². The highest BCUT2D eigenvalue weighted by Crippen LogP contribution is 2.21. The first-order chi connectivity index (χ1) is 11.6. The summed E-state index contributed by atoms with van der Waals surface area (Å²) in [7, 11) is 0. The van der Waals surface area contributed by atoms with E-state index in [2.05, 4.69) is 15.5 Å². The van der Waals surface area contributed by atoms with Crippen LogP contribution in [0.1, 0.15) is 29.7 Å². The van der Waals surface area contributed by atoms with Gasteiger partial charge in [0.25, 0.3) is 11.2 Å². The van der Waals surface area contributed by atoms with E-state index in [1.54, 1.807) is 18.2 Å². The van der Waals surface area contributed by atoms with Gasteiger partial charge >= 0.3 is 0 Å². The molecule has 24 heavy (non-hydrogen) atoms. The van der Waals surface area contributed by atoms with Crippen molar-refractivity contribution >= 4 is 17.1 Å². The molecule has 1 aromatic carbocycles. The molecule has 0 unspecified atom stereocenters. The van der Waals surface area contributed by atoms with Gasteiger partial charge in [0.15, 0.2) is 0 Å². The Balaban J connectivity index is 1.88. The van der Waals surface area contributed by atoms with Crippen molar-refractivity contribution in [2.75, 3.05) is 5.43 Å². The first kappa shape index (κ1) is 15.4. The molecule has 0 bridgehead atoms. The second-order valence-electron chi connectivity index (χ2n) is 5.34. The molecule has 120 valence electrons. The second-order valence-corrected chi connectivity index (χ2v) is 5.34. The Morgan fingerprint density at radius 2 is 2.04 bits per heavy atom. The lowest BCUT2D eigenvalue weighted by Gasteiger charge is -2.17. The topological polar surface area (TPSA) is 124 Å². The molecule has 0 saturated heterocycles. The number of aryl methyl sites for hydroxylation is 1. The van der Waals surface area contributed by atoms with E-state index >= 15 is 0 Å². The maximum absolute atomic E-state index is 11.7. The number of non-ortho nitro benzene ring substituents is 1. The molecule has 1 aliphatic carbocycles. The SMILES string of the molecule is N#Cc1cc2c([nH]c1=O)CCC/C2=N/Nc1ccc([N+](=O)[O-])cc1. The lowest BCUT2D eigenvalue weighted by Crippen LogP contribution is -2.22. The van der Waals surface area contributed by atoms with E-state index in [1.807, 2.05) is 6.07 Å². The predicted octanol–water partition coefficient (Wildman–Crippen LogP) is 2.31. The van der Waals surface area contributed by atoms with E-state index in [-0.39, 0.29) is 16.8 Å². The van der Waals surface area contributed by atoms with Gasteiger partial charge in [0.1, 0.15) is 11.6 Å². The van der Waals surface area contributed by atoms with Crippen LogP contribution in [0.15, 0.2) is 40.2 Å². The summed E-state index contributed by atoms with van der Waals surface area (Å²) in [5.41, 5.74) is 5.42. The van der Waals surface area contributed by atoms with Crippen LogP contribution in [0.2, 0.25) is 0 Å². The summed E-state index contributed by atoms with van der Waals surface area (Å²) in [6.45, 7) is 0. The maximum Gasteiger partial charge on any atom is 0.269 e. The number of H-pyrrole nitrogens is 1. The molecule has 0 fully saturated rings. The summed E-state index contributed by atoms with van der Waals surface area (Å²) in [4.78, 5) is 24.6. The Hall–Kier alpha value is -3.47. The fourth-order valence-electron chi connectivity index (χ4n) is 2.58. The zero-order valence-electron chi connectivity index (χ0n) is 12.6. The number of anilines is 1. The highest BCUT2D eigenvalue weighted by Gasteiger charge is 2.18. The molecule has 2 N–H and O–H groups in total. The smallest absolute Gasteiger partial charge is 0.269 e. The molecule has 8 heteroatoms. The molecule has 1 aromatic heterocycles. The molecule has 0 amide bonds. The number of aromatic nitrogens is 1. The van der Waals surface area contributed by atoms with Crippen LogP contribution in [-0.2, 0) is 6.42 Å². The van der Waals surface area contributed by atoms with E-state index < -0.39 is 4.92 Å². The summed E-state index contributed by atoms with van der Waals surface area (Å²) in [6, 6.07) is 9.35. The number of nitrogens with one attached hydrogen (secondary N) is 2. The number of aromatic amines is 1. The van der Waals surface area contributed by atoms with Gasteiger partial charge in [0.2, 0.25) is 0 Å². The summed E-state index contributed by atoms with van der Waals surface area (Å²) in [5, 5.41) is 24.0. The molecular formula is C16H13N5O3. The van der Waals surface area contributed by atoms with Gasteiger partial charge in [-0.15, -0.1) is 0 Å². The van der Waals surface area contributed by atoms with Crippen molar-refractivity contribution in [2.45, 2.75) is 19.3 Å². The largest absolute Gasteiger partial charge is 0.324 e. The Kier molecular flexibility index (Phi) is 4.07. The molecule has 1 aliphatic rings. The zero-order valence-corrected chi connectivity index (χ0v) is 12.6. The summed E-state index contributed by atoms with van der Waals surface area (Å²) in [6.07, 6.45) is 2.28. The van der Waals surface area contributed by atoms with Gasteiger partial charge in [0, 0.05) is 23.4 Å². The first-order valence-corrected chi connectivity index (χ1v) is 7.32. The van der Waals surface area contributed by atoms with Crippen molar-refractivity contribution in [1.29, 1.82) is 5.26 Å². The van der Waals surface area contributed by atoms with Gasteiger partial charge < -0.3 is 4.98 Å². The van der Waals surface area contributed by atoms with Crippen LogP contribution in [0.5, 0.6) is 0 Å². The molecule has 8 nitrogen and oxygen atoms in total. The van der Waals surface area contributed by atoms with Crippen molar-refractivity contribution < 1.29 is 4.92 Å². The van der Waals surface area contributed by atoms with E-state index in [0.29, 0.717) is 12.1 Å². The van der Waals surface area contributed by atoms with Gasteiger partial charge in [-0.25, -0.2) is 0 Å². The van der Waals surface area contributed by atoms with Crippen molar-refractivity contribution in [3.05, 3.63) is 67.6 Å². The second kappa shape index (κ2) is 6.34. The number of hydrogen-bond acceptors (Lipinski definition) is 6. The Morgan fingerprint density at radius 3 is 2.71 bits per heavy atom. The molecule has 3 rings (SSSR count). The van der Waals surface area contributed by atoms with E-state index in [9.17, 15) is 14.9 Å². The highest BCUT2D eigenvalue weighted by atomic mass is 16.6. The van der Waals surface area contributed by atoms with Crippen LogP contribution in [0, 0.1) is 21.4 Å². The molecule has 2 aromatic rings. The normalized spacial score (nSPS) is 14.7. The zero-order chi connectivity index (χ0) is 17.1. The third-order valence-corrected chi connectivity index (χ3v) is 3.79. The highest BCUT2D eigenvalue weighted by molar-refractivity contribution is 6.02. The van der Waals surface area contributed by atoms with Crippen molar-refractivity contribution in [3.63, 3.8) is 0 Å². The van der Waals surface area contributed by atoms with Crippen LogP contribution in [-0.4, -0.2) is 15.6 Å². The van der Waals surface area contributed by atoms with Crippen LogP contribution in [0.3, 0.4) is 0 Å². The lowest BCUT2D eigenvalue weighted by molar-refractivity contribution is -0.384. The molecule has 0 aliphatic heterocycles. The minimum Gasteiger partial charge on any atom is -0.324 e. The third kappa shape index (κ3) is 3.01. The number of rotatable bonds is 3. The molecular weight excluding hydrogens is 310 g/mol. The number of pyridine rings is 1. The average molecular weight is 323 g/mol. The molecule has 0 spiro atoms. The van der Waals surface area contributed by atoms with Gasteiger partial charge in [-0.2, -0.15) is 10.4 Å². The maximum atomic E-state index is 11.7. The lowest BCUT2D eigenvalue weighted by atomic mass is 9.93. The van der Waals surface area contributed by atoms with Crippen LogP contribution in [0.4, 0.5) is 11.4 Å². The monoisotopic (exact) mass is 323 g/mol. The summed E-state index contributed by atoms with van der Waals surface area (Å²) in [5.74, 6) is 0. The number of nitrogens with zero attached hydrogens (tertiary/aromatic N) is 3. The molecule has 1 heterocycles. The number of benzene rings is 1. The van der Waals surface area contributed by atoms with E-state index in [0.717, 1.165) is 29.8 Å². The predicted molar refractivity (Wildman–Crippen MR) is 88.0 cm³/mol. The number of hydrogen-bond donors (Lipinski definition) is 2. The minimum atomic E-state index is -0.465.